The first-order valence-corrected chi connectivity index (χ1v) is 8.75. The quantitative estimate of drug-likeness (QED) is 0.865. The maximum atomic E-state index is 11.9. The van der Waals surface area contributed by atoms with Gasteiger partial charge in [0.25, 0.3) is 0 Å². The lowest BCUT2D eigenvalue weighted by Gasteiger charge is -2.47. The van der Waals surface area contributed by atoms with E-state index in [1.165, 1.54) is 25.7 Å². The van der Waals surface area contributed by atoms with E-state index in [0.29, 0.717) is 6.04 Å². The van der Waals surface area contributed by atoms with Crippen LogP contribution in [0.5, 0.6) is 0 Å². The maximum absolute atomic E-state index is 11.9. The largest absolute Gasteiger partial charge is 0.481 e. The van der Waals surface area contributed by atoms with Gasteiger partial charge in [0, 0.05) is 24.7 Å². The van der Waals surface area contributed by atoms with Gasteiger partial charge in [0.2, 0.25) is 0 Å². The molecule has 2 bridgehead atoms. The van der Waals surface area contributed by atoms with Gasteiger partial charge in [0.05, 0.1) is 5.41 Å². The van der Waals surface area contributed by atoms with Gasteiger partial charge >= 0.3 is 5.97 Å². The van der Waals surface area contributed by atoms with Gasteiger partial charge in [-0.1, -0.05) is 13.3 Å². The molecule has 0 saturated carbocycles. The van der Waals surface area contributed by atoms with Gasteiger partial charge in [-0.15, -0.1) is 0 Å². The van der Waals surface area contributed by atoms with Gasteiger partial charge in [-0.05, 0) is 58.5 Å². The predicted molar refractivity (Wildman–Crippen MR) is 83.4 cm³/mol. The lowest BCUT2D eigenvalue weighted by molar-refractivity contribution is -0.154. The van der Waals surface area contributed by atoms with E-state index in [0.717, 1.165) is 50.9 Å². The van der Waals surface area contributed by atoms with Crippen molar-refractivity contribution >= 4 is 5.97 Å². The molecular formula is C17H30N2O2. The number of hydrogen-bond acceptors (Lipinski definition) is 3. The Bertz CT molecular complexity index is 382. The van der Waals surface area contributed by atoms with Gasteiger partial charge in [-0.25, -0.2) is 0 Å². The molecule has 3 fully saturated rings. The Morgan fingerprint density at radius 1 is 1.24 bits per heavy atom. The molecule has 21 heavy (non-hydrogen) atoms. The van der Waals surface area contributed by atoms with E-state index in [4.69, 9.17) is 0 Å². The molecule has 3 aliphatic rings. The summed E-state index contributed by atoms with van der Waals surface area (Å²) in [6.07, 6.45) is 8.88. The standard InChI is InChI=1S/C17H30N2O2/c1-3-7-17(16(20)21)8-4-9-19(12-17)15-10-13-5-6-14(11-15)18(13)2/h13-15H,3-12H2,1-2H3,(H,20,21). The zero-order valence-corrected chi connectivity index (χ0v) is 13.6. The summed E-state index contributed by atoms with van der Waals surface area (Å²) in [5.74, 6) is -0.565. The molecule has 0 aromatic carbocycles. The van der Waals surface area contributed by atoms with Crippen molar-refractivity contribution in [2.24, 2.45) is 5.41 Å². The molecule has 4 heteroatoms. The van der Waals surface area contributed by atoms with E-state index in [9.17, 15) is 9.90 Å². The molecule has 0 radical (unpaired) electrons. The first-order chi connectivity index (χ1) is 10.1. The van der Waals surface area contributed by atoms with Crippen molar-refractivity contribution in [3.05, 3.63) is 0 Å². The minimum Gasteiger partial charge on any atom is -0.481 e. The Kier molecular flexibility index (Phi) is 4.28. The van der Waals surface area contributed by atoms with Gasteiger partial charge in [-0.2, -0.15) is 0 Å². The average Bonchev–Trinajstić information content (AvgIpc) is 2.69. The van der Waals surface area contributed by atoms with Crippen LogP contribution in [0.4, 0.5) is 0 Å². The molecule has 1 N–H and O–H groups in total. The van der Waals surface area contributed by atoms with E-state index in [1.807, 2.05) is 0 Å². The van der Waals surface area contributed by atoms with Crippen molar-refractivity contribution in [1.82, 2.24) is 9.80 Å². The first kappa shape index (κ1) is 15.3. The maximum Gasteiger partial charge on any atom is 0.310 e. The summed E-state index contributed by atoms with van der Waals surface area (Å²) in [5, 5.41) is 9.76. The number of likely N-dealkylation sites (tertiary alicyclic amines) is 1. The molecular weight excluding hydrogens is 264 g/mol. The SMILES string of the molecule is CCCC1(C(=O)O)CCCN(C2CC3CCC(C2)N3C)C1. The predicted octanol–water partition coefficient (Wildman–Crippen LogP) is 2.58. The molecule has 3 saturated heterocycles. The Balaban J connectivity index is 1.70. The number of carboxylic acids is 1. The molecule has 0 aromatic heterocycles. The Hall–Kier alpha value is -0.610. The number of carboxylic acid groups (broad SMARTS) is 1. The summed E-state index contributed by atoms with van der Waals surface area (Å²) >= 11 is 0. The van der Waals surface area contributed by atoms with Gasteiger partial charge in [0.15, 0.2) is 0 Å². The second-order valence-corrected chi connectivity index (χ2v) is 7.59. The van der Waals surface area contributed by atoms with E-state index < -0.39 is 11.4 Å². The zero-order valence-electron chi connectivity index (χ0n) is 13.6. The lowest BCUT2D eigenvalue weighted by atomic mass is 9.75. The fraction of sp³-hybridized carbons (Fsp3) is 0.941. The number of nitrogens with zero attached hydrogens (tertiary/aromatic N) is 2. The third-order valence-corrected chi connectivity index (χ3v) is 6.38. The highest BCUT2D eigenvalue weighted by atomic mass is 16.4. The summed E-state index contributed by atoms with van der Waals surface area (Å²) in [6.45, 7) is 4.00. The fourth-order valence-electron chi connectivity index (χ4n) is 5.12. The number of rotatable bonds is 4. The molecule has 3 rings (SSSR count). The van der Waals surface area contributed by atoms with Crippen LogP contribution in [0.15, 0.2) is 0 Å². The highest BCUT2D eigenvalue weighted by molar-refractivity contribution is 5.75. The minimum atomic E-state index is -0.565. The zero-order chi connectivity index (χ0) is 15.0. The third-order valence-electron chi connectivity index (χ3n) is 6.38. The van der Waals surface area contributed by atoms with Crippen molar-refractivity contribution in [2.45, 2.75) is 76.4 Å². The van der Waals surface area contributed by atoms with E-state index in [-0.39, 0.29) is 0 Å². The van der Waals surface area contributed by atoms with Crippen LogP contribution in [0.2, 0.25) is 0 Å². The molecule has 120 valence electrons. The smallest absolute Gasteiger partial charge is 0.310 e. The van der Waals surface area contributed by atoms with Crippen LogP contribution >= 0.6 is 0 Å². The summed E-state index contributed by atoms with van der Waals surface area (Å²) in [5.41, 5.74) is -0.477. The Labute approximate surface area is 128 Å². The lowest BCUT2D eigenvalue weighted by Crippen LogP contribution is -2.55. The normalized spacial score (nSPS) is 41.3. The van der Waals surface area contributed by atoms with Crippen LogP contribution in [-0.4, -0.2) is 59.1 Å². The van der Waals surface area contributed by atoms with Crippen molar-refractivity contribution < 1.29 is 9.90 Å². The van der Waals surface area contributed by atoms with Crippen molar-refractivity contribution in [3.63, 3.8) is 0 Å². The number of fused-ring (bicyclic) bond motifs is 2. The van der Waals surface area contributed by atoms with Crippen LogP contribution in [-0.2, 0) is 4.79 Å². The molecule has 4 nitrogen and oxygen atoms in total. The molecule has 0 amide bonds. The molecule has 0 aromatic rings. The minimum absolute atomic E-state index is 0.477. The highest BCUT2D eigenvalue weighted by Gasteiger charge is 2.46. The fourth-order valence-corrected chi connectivity index (χ4v) is 5.12. The number of hydrogen-bond donors (Lipinski definition) is 1. The molecule has 3 heterocycles. The van der Waals surface area contributed by atoms with Crippen LogP contribution in [0, 0.1) is 5.41 Å². The Morgan fingerprint density at radius 3 is 2.48 bits per heavy atom. The third kappa shape index (κ3) is 2.72. The van der Waals surface area contributed by atoms with E-state index >= 15 is 0 Å². The van der Waals surface area contributed by atoms with Crippen molar-refractivity contribution in [3.8, 4) is 0 Å². The van der Waals surface area contributed by atoms with E-state index in [1.54, 1.807) is 0 Å². The summed E-state index contributed by atoms with van der Waals surface area (Å²) in [7, 11) is 2.27. The van der Waals surface area contributed by atoms with Crippen molar-refractivity contribution in [1.29, 1.82) is 0 Å². The van der Waals surface area contributed by atoms with Crippen LogP contribution in [0.25, 0.3) is 0 Å². The van der Waals surface area contributed by atoms with Gasteiger partial charge < -0.3 is 10.0 Å². The topological polar surface area (TPSA) is 43.8 Å². The number of carbonyl (C=O) groups is 1. The monoisotopic (exact) mass is 294 g/mol. The van der Waals surface area contributed by atoms with Gasteiger partial charge in [0.1, 0.15) is 0 Å². The molecule has 3 aliphatic heterocycles. The van der Waals surface area contributed by atoms with Crippen molar-refractivity contribution in [2.75, 3.05) is 20.1 Å². The molecule has 3 unspecified atom stereocenters. The molecule has 3 atom stereocenters. The second kappa shape index (κ2) is 5.88. The summed E-state index contributed by atoms with van der Waals surface area (Å²) < 4.78 is 0. The average molecular weight is 294 g/mol. The number of aliphatic carboxylic acids is 1. The second-order valence-electron chi connectivity index (χ2n) is 7.59. The molecule has 0 spiro atoms. The molecule has 0 aliphatic carbocycles. The van der Waals surface area contributed by atoms with Crippen LogP contribution in [0.3, 0.4) is 0 Å². The Morgan fingerprint density at radius 2 is 1.90 bits per heavy atom. The highest BCUT2D eigenvalue weighted by Crippen LogP contribution is 2.41. The summed E-state index contributed by atoms with van der Waals surface area (Å²) in [6, 6.07) is 2.09. The van der Waals surface area contributed by atoms with Crippen LogP contribution in [0.1, 0.15) is 58.3 Å². The van der Waals surface area contributed by atoms with E-state index in [2.05, 4.69) is 23.8 Å². The number of piperidine rings is 2. The van der Waals surface area contributed by atoms with Gasteiger partial charge in [-0.3, -0.25) is 9.69 Å². The first-order valence-electron chi connectivity index (χ1n) is 8.75. The summed E-state index contributed by atoms with van der Waals surface area (Å²) in [4.78, 5) is 17.0. The van der Waals surface area contributed by atoms with Crippen LogP contribution < -0.4 is 0 Å².